The van der Waals surface area contributed by atoms with Gasteiger partial charge in [-0.15, -0.1) is 0 Å². The van der Waals surface area contributed by atoms with Crippen LogP contribution in [0.3, 0.4) is 0 Å². The first kappa shape index (κ1) is 16.4. The molecule has 0 bridgehead atoms. The lowest BCUT2D eigenvalue weighted by molar-refractivity contribution is 0.0697. The maximum Gasteiger partial charge on any atom is 0.335 e. The maximum atomic E-state index is 10.9. The zero-order valence-corrected chi connectivity index (χ0v) is 13.9. The molecular formula is C19H18N4O2. The summed E-state index contributed by atoms with van der Waals surface area (Å²) in [6.07, 6.45) is 1.47. The van der Waals surface area contributed by atoms with Crippen molar-refractivity contribution in [2.45, 2.75) is 13.8 Å². The fourth-order valence-electron chi connectivity index (χ4n) is 2.35. The van der Waals surface area contributed by atoms with E-state index >= 15 is 0 Å². The van der Waals surface area contributed by atoms with Gasteiger partial charge in [-0.1, -0.05) is 12.1 Å². The molecule has 2 aromatic carbocycles. The molecule has 3 aromatic rings. The van der Waals surface area contributed by atoms with Crippen molar-refractivity contribution in [3.63, 3.8) is 0 Å². The molecule has 0 saturated heterocycles. The molecule has 0 fully saturated rings. The van der Waals surface area contributed by atoms with Crippen molar-refractivity contribution in [1.29, 1.82) is 0 Å². The van der Waals surface area contributed by atoms with Gasteiger partial charge in [-0.25, -0.2) is 14.8 Å². The van der Waals surface area contributed by atoms with Crippen LogP contribution in [0.5, 0.6) is 0 Å². The van der Waals surface area contributed by atoms with Gasteiger partial charge in [0.15, 0.2) is 0 Å². The van der Waals surface area contributed by atoms with E-state index < -0.39 is 5.97 Å². The molecule has 0 unspecified atom stereocenters. The van der Waals surface area contributed by atoms with Crippen LogP contribution in [0.25, 0.3) is 0 Å². The molecule has 0 saturated carbocycles. The van der Waals surface area contributed by atoms with Gasteiger partial charge in [-0.3, -0.25) is 0 Å². The number of nitrogens with zero attached hydrogens (tertiary/aromatic N) is 2. The maximum absolute atomic E-state index is 10.9. The number of rotatable bonds is 5. The summed E-state index contributed by atoms with van der Waals surface area (Å²) in [4.78, 5) is 19.3. The Balaban J connectivity index is 1.77. The fourth-order valence-corrected chi connectivity index (χ4v) is 2.35. The Morgan fingerprint density at radius 3 is 2.28 bits per heavy atom. The zero-order chi connectivity index (χ0) is 17.8. The molecule has 0 aliphatic carbocycles. The van der Waals surface area contributed by atoms with E-state index in [0.717, 1.165) is 16.9 Å². The zero-order valence-electron chi connectivity index (χ0n) is 13.9. The summed E-state index contributed by atoms with van der Waals surface area (Å²) in [5, 5.41) is 15.4. The Kier molecular flexibility index (Phi) is 4.61. The van der Waals surface area contributed by atoms with Crippen LogP contribution in [0.2, 0.25) is 0 Å². The van der Waals surface area contributed by atoms with Gasteiger partial charge in [0.2, 0.25) is 0 Å². The summed E-state index contributed by atoms with van der Waals surface area (Å²) in [7, 11) is 0. The quantitative estimate of drug-likeness (QED) is 0.645. The van der Waals surface area contributed by atoms with Crippen LogP contribution in [-0.2, 0) is 0 Å². The van der Waals surface area contributed by atoms with Gasteiger partial charge in [-0.05, 0) is 55.3 Å². The smallest absolute Gasteiger partial charge is 0.335 e. The lowest BCUT2D eigenvalue weighted by atomic mass is 10.1. The summed E-state index contributed by atoms with van der Waals surface area (Å²) in [5.41, 5.74) is 4.28. The summed E-state index contributed by atoms with van der Waals surface area (Å²) in [6, 6.07) is 14.5. The minimum absolute atomic E-state index is 0.241. The van der Waals surface area contributed by atoms with Gasteiger partial charge in [0.25, 0.3) is 0 Å². The molecule has 3 rings (SSSR count). The number of aromatic carboxylic acids is 1. The first-order valence-electron chi connectivity index (χ1n) is 7.78. The van der Waals surface area contributed by atoms with Crippen molar-refractivity contribution in [3.8, 4) is 0 Å². The highest BCUT2D eigenvalue weighted by molar-refractivity contribution is 5.88. The number of carboxylic acids is 1. The third-order valence-electron chi connectivity index (χ3n) is 3.73. The van der Waals surface area contributed by atoms with Crippen molar-refractivity contribution in [3.05, 3.63) is 71.5 Å². The van der Waals surface area contributed by atoms with E-state index in [1.165, 1.54) is 11.9 Å². The molecule has 3 N–H and O–H groups in total. The number of aromatic nitrogens is 2. The molecule has 25 heavy (non-hydrogen) atoms. The molecular weight excluding hydrogens is 316 g/mol. The third-order valence-corrected chi connectivity index (χ3v) is 3.73. The number of anilines is 4. The number of nitrogens with one attached hydrogen (secondary N) is 2. The molecule has 0 aliphatic heterocycles. The average molecular weight is 334 g/mol. The number of hydrogen-bond donors (Lipinski definition) is 3. The summed E-state index contributed by atoms with van der Waals surface area (Å²) in [6.45, 7) is 4.07. The number of carbonyl (C=O) groups is 1. The van der Waals surface area contributed by atoms with E-state index in [-0.39, 0.29) is 5.56 Å². The van der Waals surface area contributed by atoms with Gasteiger partial charge < -0.3 is 15.7 Å². The van der Waals surface area contributed by atoms with Gasteiger partial charge in [0.05, 0.1) is 5.56 Å². The van der Waals surface area contributed by atoms with Crippen LogP contribution < -0.4 is 10.6 Å². The van der Waals surface area contributed by atoms with Crippen LogP contribution in [0, 0.1) is 13.8 Å². The topological polar surface area (TPSA) is 87.1 Å². The van der Waals surface area contributed by atoms with Gasteiger partial charge >= 0.3 is 5.97 Å². The molecule has 0 spiro atoms. The Morgan fingerprint density at radius 1 is 0.920 bits per heavy atom. The molecule has 1 heterocycles. The number of carboxylic acid groups (broad SMARTS) is 1. The van der Waals surface area contributed by atoms with Crippen LogP contribution in [0.1, 0.15) is 21.5 Å². The van der Waals surface area contributed by atoms with Crippen LogP contribution in [0.15, 0.2) is 54.9 Å². The second-order valence-electron chi connectivity index (χ2n) is 5.74. The van der Waals surface area contributed by atoms with Crippen molar-refractivity contribution < 1.29 is 9.90 Å². The number of aryl methyl sites for hydroxylation is 2. The molecule has 6 heteroatoms. The molecule has 126 valence electrons. The highest BCUT2D eigenvalue weighted by atomic mass is 16.4. The lowest BCUT2D eigenvalue weighted by Gasteiger charge is -2.11. The first-order chi connectivity index (χ1) is 12.0. The largest absolute Gasteiger partial charge is 0.478 e. The second kappa shape index (κ2) is 7.00. The standard InChI is InChI=1S/C19H18N4O2/c1-12-3-4-13(2)16(9-12)23-18-10-17(20-11-21-18)22-15-7-5-14(6-8-15)19(24)25/h3-11H,1-2H3,(H,24,25)(H2,20,21,22,23). The van der Waals surface area contributed by atoms with E-state index in [1.807, 2.05) is 13.8 Å². The number of hydrogen-bond acceptors (Lipinski definition) is 5. The first-order valence-corrected chi connectivity index (χ1v) is 7.78. The second-order valence-corrected chi connectivity index (χ2v) is 5.74. The summed E-state index contributed by atoms with van der Waals surface area (Å²) in [5.74, 6) is 0.341. The van der Waals surface area contributed by atoms with Crippen molar-refractivity contribution >= 4 is 29.0 Å². The predicted molar refractivity (Wildman–Crippen MR) is 97.9 cm³/mol. The molecule has 0 amide bonds. The highest BCUT2D eigenvalue weighted by Crippen LogP contribution is 2.22. The van der Waals surface area contributed by atoms with E-state index in [1.54, 1.807) is 30.3 Å². The molecule has 0 aliphatic rings. The highest BCUT2D eigenvalue weighted by Gasteiger charge is 2.05. The van der Waals surface area contributed by atoms with Crippen molar-refractivity contribution in [2.24, 2.45) is 0 Å². The Morgan fingerprint density at radius 2 is 1.60 bits per heavy atom. The monoisotopic (exact) mass is 334 g/mol. The SMILES string of the molecule is Cc1ccc(C)c(Nc2cc(Nc3ccc(C(=O)O)cc3)ncn2)c1. The molecule has 1 aromatic heterocycles. The fraction of sp³-hybridized carbons (Fsp3) is 0.105. The van der Waals surface area contributed by atoms with E-state index in [9.17, 15) is 4.79 Å². The number of benzene rings is 2. The van der Waals surface area contributed by atoms with E-state index in [0.29, 0.717) is 11.6 Å². The minimum Gasteiger partial charge on any atom is -0.478 e. The summed E-state index contributed by atoms with van der Waals surface area (Å²) >= 11 is 0. The Labute approximate surface area is 145 Å². The summed E-state index contributed by atoms with van der Waals surface area (Å²) < 4.78 is 0. The Bertz CT molecular complexity index is 908. The van der Waals surface area contributed by atoms with Crippen molar-refractivity contribution in [1.82, 2.24) is 9.97 Å². The average Bonchev–Trinajstić information content (AvgIpc) is 2.59. The van der Waals surface area contributed by atoms with E-state index in [4.69, 9.17) is 5.11 Å². The normalized spacial score (nSPS) is 10.3. The van der Waals surface area contributed by atoms with Crippen LogP contribution >= 0.6 is 0 Å². The lowest BCUT2D eigenvalue weighted by Crippen LogP contribution is -2.00. The van der Waals surface area contributed by atoms with Gasteiger partial charge in [-0.2, -0.15) is 0 Å². The molecule has 0 radical (unpaired) electrons. The van der Waals surface area contributed by atoms with Crippen LogP contribution in [0.4, 0.5) is 23.0 Å². The van der Waals surface area contributed by atoms with E-state index in [2.05, 4.69) is 38.8 Å². The third kappa shape index (κ3) is 4.11. The molecule has 0 atom stereocenters. The minimum atomic E-state index is -0.950. The van der Waals surface area contributed by atoms with Crippen molar-refractivity contribution in [2.75, 3.05) is 10.6 Å². The predicted octanol–water partition coefficient (Wildman–Crippen LogP) is 4.28. The molecule has 6 nitrogen and oxygen atoms in total. The Hall–Kier alpha value is -3.41. The van der Waals surface area contributed by atoms with Gasteiger partial charge in [0, 0.05) is 17.4 Å². The van der Waals surface area contributed by atoms with Gasteiger partial charge in [0.1, 0.15) is 18.0 Å². The van der Waals surface area contributed by atoms with Crippen LogP contribution in [-0.4, -0.2) is 21.0 Å².